The van der Waals surface area contributed by atoms with Gasteiger partial charge in [0.05, 0.1) is 0 Å². The predicted molar refractivity (Wildman–Crippen MR) is 76.6 cm³/mol. The number of amides is 2. The number of piperidine rings is 1. The molecule has 1 aliphatic rings. The third kappa shape index (κ3) is 5.49. The molecule has 2 amide bonds. The number of allylic oxidation sites excluding steroid dienone is 2. The van der Waals surface area contributed by atoms with Crippen LogP contribution >= 0.6 is 0 Å². The van der Waals surface area contributed by atoms with Crippen molar-refractivity contribution < 1.29 is 18.4 Å². The van der Waals surface area contributed by atoms with Crippen LogP contribution in [-0.2, 0) is 9.59 Å². The van der Waals surface area contributed by atoms with Crippen LogP contribution in [0.15, 0.2) is 36.5 Å². The van der Waals surface area contributed by atoms with Crippen LogP contribution in [0.2, 0.25) is 0 Å². The molecule has 0 bridgehead atoms. The van der Waals surface area contributed by atoms with E-state index in [9.17, 15) is 18.4 Å². The molecule has 0 atom stereocenters. The maximum Gasteiger partial charge on any atom is 0.282 e. The van der Waals surface area contributed by atoms with Crippen LogP contribution in [0.4, 0.5) is 8.78 Å². The fraction of sp³-hybridized carbons (Fsp3) is 0.467. The van der Waals surface area contributed by atoms with Gasteiger partial charge in [-0.2, -0.15) is 0 Å². The maximum absolute atomic E-state index is 13.7. The number of hydrogen-bond donors (Lipinski definition) is 0. The van der Waals surface area contributed by atoms with E-state index in [0.717, 1.165) is 30.2 Å². The summed E-state index contributed by atoms with van der Waals surface area (Å²) in [6.45, 7) is 4.17. The van der Waals surface area contributed by atoms with Crippen molar-refractivity contribution in [2.45, 2.75) is 19.3 Å². The van der Waals surface area contributed by atoms with Gasteiger partial charge in [0.25, 0.3) is 11.8 Å². The van der Waals surface area contributed by atoms with Crippen LogP contribution < -0.4 is 0 Å². The van der Waals surface area contributed by atoms with Crippen LogP contribution in [0.1, 0.15) is 19.3 Å². The lowest BCUT2D eigenvalue weighted by Crippen LogP contribution is -2.35. The van der Waals surface area contributed by atoms with Crippen LogP contribution in [0.25, 0.3) is 0 Å². The zero-order chi connectivity index (χ0) is 15.8. The monoisotopic (exact) mass is 298 g/mol. The Kier molecular flexibility index (Phi) is 6.78. The molecule has 1 heterocycles. The fourth-order valence-corrected chi connectivity index (χ4v) is 1.98. The van der Waals surface area contributed by atoms with Gasteiger partial charge in [-0.1, -0.05) is 18.7 Å². The molecule has 0 aliphatic carbocycles. The summed E-state index contributed by atoms with van der Waals surface area (Å²) in [4.78, 5) is 25.5. The topological polar surface area (TPSA) is 40.6 Å². The summed E-state index contributed by atoms with van der Waals surface area (Å²) in [7, 11) is 1.40. The first kappa shape index (κ1) is 17.1. The van der Waals surface area contributed by atoms with Gasteiger partial charge in [0.1, 0.15) is 0 Å². The predicted octanol–water partition coefficient (Wildman–Crippen LogP) is 2.35. The first-order chi connectivity index (χ1) is 9.93. The molecule has 0 aromatic rings. The standard InChI is InChI=1S/C15H20F2N2O2/c1-12(16)14(20)18(2)9-7-4-8-13(17)15(21)19-10-5-3-6-11-19/h4,7-8H,1,3,5-6,9-11H2,2H3/b7-4+,13-8-. The van der Waals surface area contributed by atoms with Crippen molar-refractivity contribution in [1.29, 1.82) is 0 Å². The maximum atomic E-state index is 13.7. The summed E-state index contributed by atoms with van der Waals surface area (Å²) in [5.74, 6) is -3.32. The van der Waals surface area contributed by atoms with Gasteiger partial charge < -0.3 is 9.80 Å². The number of likely N-dealkylation sites (tertiary alicyclic amines) is 1. The van der Waals surface area contributed by atoms with Crippen LogP contribution in [0, 0.1) is 0 Å². The van der Waals surface area contributed by atoms with Gasteiger partial charge in [-0.25, -0.2) is 8.78 Å². The zero-order valence-corrected chi connectivity index (χ0v) is 12.1. The number of hydrogen-bond acceptors (Lipinski definition) is 2. The fourth-order valence-electron chi connectivity index (χ4n) is 1.98. The van der Waals surface area contributed by atoms with Gasteiger partial charge in [0, 0.05) is 26.7 Å². The van der Waals surface area contributed by atoms with Crippen molar-refractivity contribution in [3.8, 4) is 0 Å². The van der Waals surface area contributed by atoms with Gasteiger partial charge in [0.2, 0.25) is 0 Å². The highest BCUT2D eigenvalue weighted by molar-refractivity contribution is 5.91. The third-order valence-electron chi connectivity index (χ3n) is 3.18. The molecule has 0 unspecified atom stereocenters. The molecule has 1 rings (SSSR count). The molecule has 116 valence electrons. The number of halogens is 2. The lowest BCUT2D eigenvalue weighted by molar-refractivity contribution is -0.129. The average molecular weight is 298 g/mol. The molecule has 1 aliphatic heterocycles. The Morgan fingerprint density at radius 1 is 1.24 bits per heavy atom. The van der Waals surface area contributed by atoms with Crippen molar-refractivity contribution in [3.05, 3.63) is 36.5 Å². The number of carbonyl (C=O) groups is 2. The number of carbonyl (C=O) groups excluding carboxylic acids is 2. The summed E-state index contributed by atoms with van der Waals surface area (Å²) < 4.78 is 26.2. The minimum atomic E-state index is -1.05. The smallest absolute Gasteiger partial charge is 0.282 e. The van der Waals surface area contributed by atoms with Crippen molar-refractivity contribution >= 4 is 11.8 Å². The van der Waals surface area contributed by atoms with E-state index in [1.807, 2.05) is 0 Å². The minimum absolute atomic E-state index is 0.101. The van der Waals surface area contributed by atoms with Crippen molar-refractivity contribution in [1.82, 2.24) is 9.80 Å². The van der Waals surface area contributed by atoms with Crippen molar-refractivity contribution in [2.24, 2.45) is 0 Å². The van der Waals surface area contributed by atoms with E-state index in [0.29, 0.717) is 13.1 Å². The summed E-state index contributed by atoms with van der Waals surface area (Å²) in [6, 6.07) is 0. The summed E-state index contributed by atoms with van der Waals surface area (Å²) in [5, 5.41) is 0. The number of nitrogens with zero attached hydrogens (tertiary/aromatic N) is 2. The molecule has 1 saturated heterocycles. The summed E-state index contributed by atoms with van der Waals surface area (Å²) in [6.07, 6.45) is 6.71. The van der Waals surface area contributed by atoms with E-state index >= 15 is 0 Å². The Morgan fingerprint density at radius 3 is 2.43 bits per heavy atom. The van der Waals surface area contributed by atoms with Gasteiger partial charge >= 0.3 is 0 Å². The van der Waals surface area contributed by atoms with Gasteiger partial charge in [-0.3, -0.25) is 9.59 Å². The SMILES string of the molecule is C=C(F)C(=O)N(C)C/C=C/C=C(\F)C(=O)N1CCCCC1. The second-order valence-corrected chi connectivity index (χ2v) is 4.89. The Balaban J connectivity index is 2.47. The average Bonchev–Trinajstić information content (AvgIpc) is 2.50. The molecular weight excluding hydrogens is 278 g/mol. The van der Waals surface area contributed by atoms with E-state index in [4.69, 9.17) is 0 Å². The van der Waals surface area contributed by atoms with E-state index in [-0.39, 0.29) is 6.54 Å². The molecule has 0 aromatic heterocycles. The Bertz CT molecular complexity index is 466. The Labute approximate surface area is 123 Å². The highest BCUT2D eigenvalue weighted by Crippen LogP contribution is 2.12. The second kappa shape index (κ2) is 8.34. The van der Waals surface area contributed by atoms with E-state index in [1.165, 1.54) is 24.1 Å². The van der Waals surface area contributed by atoms with Crippen LogP contribution in [0.5, 0.6) is 0 Å². The van der Waals surface area contributed by atoms with Gasteiger partial charge in [-0.15, -0.1) is 0 Å². The molecule has 0 aromatic carbocycles. The first-order valence-corrected chi connectivity index (χ1v) is 6.85. The quantitative estimate of drug-likeness (QED) is 0.577. The van der Waals surface area contributed by atoms with Crippen LogP contribution in [-0.4, -0.2) is 48.3 Å². The highest BCUT2D eigenvalue weighted by Gasteiger charge is 2.19. The summed E-state index contributed by atoms with van der Waals surface area (Å²) in [5.41, 5.74) is 0. The van der Waals surface area contributed by atoms with E-state index in [2.05, 4.69) is 6.58 Å². The molecular formula is C15H20F2N2O2. The van der Waals surface area contributed by atoms with Crippen LogP contribution in [0.3, 0.4) is 0 Å². The Morgan fingerprint density at radius 2 is 1.86 bits per heavy atom. The number of rotatable bonds is 5. The van der Waals surface area contributed by atoms with Crippen molar-refractivity contribution in [3.63, 3.8) is 0 Å². The molecule has 6 heteroatoms. The number of likely N-dealkylation sites (N-methyl/N-ethyl adjacent to an activating group) is 1. The lowest BCUT2D eigenvalue weighted by atomic mass is 10.1. The molecule has 0 spiro atoms. The van der Waals surface area contributed by atoms with Gasteiger partial charge in [0.15, 0.2) is 11.7 Å². The first-order valence-electron chi connectivity index (χ1n) is 6.85. The molecule has 4 nitrogen and oxygen atoms in total. The molecule has 1 fully saturated rings. The normalized spacial score (nSPS) is 16.1. The molecule has 0 saturated carbocycles. The summed E-state index contributed by atoms with van der Waals surface area (Å²) >= 11 is 0. The van der Waals surface area contributed by atoms with E-state index < -0.39 is 23.5 Å². The zero-order valence-electron chi connectivity index (χ0n) is 12.1. The molecule has 0 N–H and O–H groups in total. The lowest BCUT2D eigenvalue weighted by Gasteiger charge is -2.25. The van der Waals surface area contributed by atoms with E-state index in [1.54, 1.807) is 0 Å². The Hall–Kier alpha value is -1.98. The van der Waals surface area contributed by atoms with Crippen molar-refractivity contribution in [2.75, 3.05) is 26.7 Å². The third-order valence-corrected chi connectivity index (χ3v) is 3.18. The highest BCUT2D eigenvalue weighted by atomic mass is 19.1. The largest absolute Gasteiger partial charge is 0.337 e. The minimum Gasteiger partial charge on any atom is -0.337 e. The second-order valence-electron chi connectivity index (χ2n) is 4.89. The molecule has 0 radical (unpaired) electrons. The van der Waals surface area contributed by atoms with Gasteiger partial charge in [-0.05, 0) is 25.3 Å². The molecule has 21 heavy (non-hydrogen) atoms.